The van der Waals surface area contributed by atoms with Gasteiger partial charge in [0.05, 0.1) is 10.6 Å². The number of carbonyl (C=O) groups excluding carboxylic acids is 1. The highest BCUT2D eigenvalue weighted by Crippen LogP contribution is 2.33. The number of hydrogen-bond donors (Lipinski definition) is 1. The third kappa shape index (κ3) is 4.91. The van der Waals surface area contributed by atoms with Gasteiger partial charge >= 0.3 is 10.2 Å². The Hall–Kier alpha value is -2.53. The minimum absolute atomic E-state index is 0.0156. The van der Waals surface area contributed by atoms with E-state index in [1.165, 1.54) is 25.4 Å². The number of hydrogen-bond acceptors (Lipinski definition) is 6. The zero-order valence-corrected chi connectivity index (χ0v) is 17.6. The summed E-state index contributed by atoms with van der Waals surface area (Å²) in [5.41, 5.74) is 0.380. The van der Waals surface area contributed by atoms with Crippen LogP contribution in [0.2, 0.25) is 5.02 Å². The predicted octanol–water partition coefficient (Wildman–Crippen LogP) is 3.93. The molecule has 0 bridgehead atoms. The molecule has 11 heteroatoms. The number of amides is 1. The van der Waals surface area contributed by atoms with Crippen LogP contribution in [0.25, 0.3) is 10.6 Å². The number of aromatic nitrogens is 1. The Bertz CT molecular complexity index is 1130. The van der Waals surface area contributed by atoms with Crippen LogP contribution in [0.1, 0.15) is 10.4 Å². The average molecular weight is 456 g/mol. The van der Waals surface area contributed by atoms with E-state index in [1.54, 1.807) is 35.2 Å². The number of nitrogens with zero attached hydrogens (tertiary/aromatic N) is 2. The second-order valence-electron chi connectivity index (χ2n) is 5.94. The van der Waals surface area contributed by atoms with E-state index in [2.05, 4.69) is 4.98 Å². The molecule has 0 aliphatic rings. The summed E-state index contributed by atoms with van der Waals surface area (Å²) in [5, 5.41) is 2.66. The molecule has 0 spiro atoms. The number of thiazole rings is 1. The molecule has 1 N–H and O–H groups in total. The maximum atomic E-state index is 14.4. The molecule has 152 valence electrons. The lowest BCUT2D eigenvalue weighted by atomic mass is 10.2. The number of carbonyl (C=O) groups is 1. The summed E-state index contributed by atoms with van der Waals surface area (Å²) >= 11 is 7.60. The third-order valence-corrected chi connectivity index (χ3v) is 6.25. The van der Waals surface area contributed by atoms with Crippen molar-refractivity contribution in [2.45, 2.75) is 0 Å². The summed E-state index contributed by atoms with van der Waals surface area (Å²) in [6, 6.07) is 8.88. The quantitative estimate of drug-likeness (QED) is 0.608. The molecule has 0 unspecified atom stereocenters. The maximum absolute atomic E-state index is 14.4. The van der Waals surface area contributed by atoms with E-state index < -0.39 is 27.5 Å². The summed E-state index contributed by atoms with van der Waals surface area (Å²) in [6.45, 7) is 0. The molecule has 1 aromatic heterocycles. The van der Waals surface area contributed by atoms with Crippen LogP contribution >= 0.6 is 22.9 Å². The number of rotatable bonds is 6. The molecule has 0 aliphatic heterocycles. The Labute approximate surface area is 175 Å². The van der Waals surface area contributed by atoms with E-state index in [-0.39, 0.29) is 10.8 Å². The first kappa shape index (κ1) is 21.2. The zero-order valence-electron chi connectivity index (χ0n) is 15.2. The van der Waals surface area contributed by atoms with E-state index in [9.17, 15) is 17.6 Å². The molecule has 1 amide bonds. The Morgan fingerprint density at radius 3 is 2.52 bits per heavy atom. The number of benzene rings is 2. The predicted molar refractivity (Wildman–Crippen MR) is 109 cm³/mol. The number of halogens is 2. The van der Waals surface area contributed by atoms with Crippen molar-refractivity contribution in [2.75, 3.05) is 14.1 Å². The van der Waals surface area contributed by atoms with Gasteiger partial charge in [-0.25, -0.2) is 14.1 Å². The van der Waals surface area contributed by atoms with Crippen LogP contribution < -0.4 is 9.46 Å². The van der Waals surface area contributed by atoms with Gasteiger partial charge in [-0.05, 0) is 30.3 Å². The van der Waals surface area contributed by atoms with Gasteiger partial charge in [-0.15, -0.1) is 11.3 Å². The fourth-order valence-electron chi connectivity index (χ4n) is 2.20. The molecular weight excluding hydrogens is 441 g/mol. The van der Waals surface area contributed by atoms with Gasteiger partial charge in [-0.1, -0.05) is 11.6 Å². The molecular formula is C18H15ClFN3O4S2. The van der Waals surface area contributed by atoms with Crippen molar-refractivity contribution in [3.63, 3.8) is 0 Å². The Balaban J connectivity index is 1.80. The Morgan fingerprint density at radius 2 is 1.93 bits per heavy atom. The highest BCUT2D eigenvalue weighted by Gasteiger charge is 2.22. The van der Waals surface area contributed by atoms with Gasteiger partial charge < -0.3 is 4.74 Å². The standard InChI is InChI=1S/C18H15ClFN3O4S2/c1-23(2)29(25,26)22-17(24)13-9-14(19)16(10-15(13)20)27-12-5-3-11(4-6-12)18-21-7-8-28-18/h3-10H,1-2H3,(H,22,24). The van der Waals surface area contributed by atoms with E-state index in [1.807, 2.05) is 5.38 Å². The first-order valence-corrected chi connectivity index (χ1v) is 10.8. The molecule has 3 rings (SSSR count). The zero-order chi connectivity index (χ0) is 21.2. The largest absolute Gasteiger partial charge is 0.456 e. The van der Waals surface area contributed by atoms with Gasteiger partial charge in [0.25, 0.3) is 5.91 Å². The first-order valence-electron chi connectivity index (χ1n) is 8.09. The lowest BCUT2D eigenvalue weighted by Crippen LogP contribution is -2.39. The van der Waals surface area contributed by atoms with E-state index in [4.69, 9.17) is 16.3 Å². The van der Waals surface area contributed by atoms with Gasteiger partial charge in [0.1, 0.15) is 22.3 Å². The Morgan fingerprint density at radius 1 is 1.24 bits per heavy atom. The van der Waals surface area contributed by atoms with Crippen molar-refractivity contribution < 1.29 is 22.3 Å². The van der Waals surface area contributed by atoms with Gasteiger partial charge in [-0.3, -0.25) is 4.79 Å². The Kier molecular flexibility index (Phi) is 6.18. The van der Waals surface area contributed by atoms with Crippen molar-refractivity contribution in [1.82, 2.24) is 14.0 Å². The van der Waals surface area contributed by atoms with Crippen LogP contribution in [-0.4, -0.2) is 37.7 Å². The fraction of sp³-hybridized carbons (Fsp3) is 0.111. The van der Waals surface area contributed by atoms with Crippen LogP contribution in [0.15, 0.2) is 48.0 Å². The second-order valence-corrected chi connectivity index (χ2v) is 9.13. The summed E-state index contributed by atoms with van der Waals surface area (Å²) in [4.78, 5) is 16.3. The summed E-state index contributed by atoms with van der Waals surface area (Å²) in [7, 11) is -1.60. The first-order chi connectivity index (χ1) is 13.7. The molecule has 3 aromatic rings. The van der Waals surface area contributed by atoms with Gasteiger partial charge in [0.2, 0.25) is 0 Å². The number of ether oxygens (including phenoxy) is 1. The van der Waals surface area contributed by atoms with Crippen molar-refractivity contribution in [2.24, 2.45) is 0 Å². The van der Waals surface area contributed by atoms with Crippen molar-refractivity contribution >= 4 is 39.1 Å². The van der Waals surface area contributed by atoms with Crippen LogP contribution in [0, 0.1) is 5.82 Å². The van der Waals surface area contributed by atoms with Crippen LogP contribution in [0.4, 0.5) is 4.39 Å². The molecule has 1 heterocycles. The lowest BCUT2D eigenvalue weighted by molar-refractivity contribution is 0.0976. The summed E-state index contributed by atoms with van der Waals surface area (Å²) < 4.78 is 46.0. The molecule has 0 fully saturated rings. The van der Waals surface area contributed by atoms with Gasteiger partial charge in [-0.2, -0.15) is 12.7 Å². The molecule has 0 aliphatic carbocycles. The monoisotopic (exact) mass is 455 g/mol. The van der Waals surface area contributed by atoms with E-state index in [0.717, 1.165) is 27.0 Å². The normalized spacial score (nSPS) is 11.5. The highest BCUT2D eigenvalue weighted by atomic mass is 35.5. The van der Waals surface area contributed by atoms with Gasteiger partial charge in [0.15, 0.2) is 0 Å². The van der Waals surface area contributed by atoms with Gasteiger partial charge in [0, 0.05) is 37.3 Å². The molecule has 2 aromatic carbocycles. The molecule has 0 radical (unpaired) electrons. The minimum Gasteiger partial charge on any atom is -0.456 e. The van der Waals surface area contributed by atoms with Crippen LogP contribution in [0.3, 0.4) is 0 Å². The minimum atomic E-state index is -4.07. The summed E-state index contributed by atoms with van der Waals surface area (Å²) in [5.74, 6) is -1.73. The molecule has 0 atom stereocenters. The molecule has 29 heavy (non-hydrogen) atoms. The SMILES string of the molecule is CN(C)S(=O)(=O)NC(=O)c1cc(Cl)c(Oc2ccc(-c3nccs3)cc2)cc1F. The van der Waals surface area contributed by atoms with Crippen molar-refractivity contribution in [1.29, 1.82) is 0 Å². The highest BCUT2D eigenvalue weighted by molar-refractivity contribution is 7.87. The average Bonchev–Trinajstić information content (AvgIpc) is 3.19. The smallest absolute Gasteiger partial charge is 0.303 e. The van der Waals surface area contributed by atoms with E-state index in [0.29, 0.717) is 5.75 Å². The fourth-order valence-corrected chi connectivity index (χ4v) is 3.58. The maximum Gasteiger partial charge on any atom is 0.303 e. The van der Waals surface area contributed by atoms with Crippen molar-refractivity contribution in [3.05, 3.63) is 64.4 Å². The molecule has 0 saturated heterocycles. The van der Waals surface area contributed by atoms with Crippen LogP contribution in [-0.2, 0) is 10.2 Å². The number of nitrogens with one attached hydrogen (secondary N) is 1. The van der Waals surface area contributed by atoms with E-state index >= 15 is 0 Å². The molecule has 7 nitrogen and oxygen atoms in total. The summed E-state index contributed by atoms with van der Waals surface area (Å²) in [6.07, 6.45) is 1.70. The van der Waals surface area contributed by atoms with Crippen LogP contribution in [0.5, 0.6) is 11.5 Å². The second kappa shape index (κ2) is 8.46. The molecule has 0 saturated carbocycles. The third-order valence-electron chi connectivity index (χ3n) is 3.73. The van der Waals surface area contributed by atoms with Crippen molar-refractivity contribution in [3.8, 4) is 22.1 Å². The lowest BCUT2D eigenvalue weighted by Gasteiger charge is -2.14. The topological polar surface area (TPSA) is 88.6 Å².